The molecule has 1 aromatic carbocycles. The molecule has 0 spiro atoms. The Morgan fingerprint density at radius 3 is 2.67 bits per heavy atom. The first kappa shape index (κ1) is 15.9. The van der Waals surface area contributed by atoms with Gasteiger partial charge in [-0.15, -0.1) is 27.0 Å². The summed E-state index contributed by atoms with van der Waals surface area (Å²) in [7, 11) is 0. The van der Waals surface area contributed by atoms with Gasteiger partial charge in [0, 0.05) is 12.1 Å². The predicted molar refractivity (Wildman–Crippen MR) is 91.3 cm³/mol. The van der Waals surface area contributed by atoms with Gasteiger partial charge in [0.25, 0.3) is 0 Å². The Morgan fingerprint density at radius 2 is 2.00 bits per heavy atom. The summed E-state index contributed by atoms with van der Waals surface area (Å²) in [5.74, 6) is 0.789. The highest BCUT2D eigenvalue weighted by Gasteiger charge is 2.16. The predicted octanol–water partition coefficient (Wildman–Crippen LogP) is 3.25. The van der Waals surface area contributed by atoms with Crippen molar-refractivity contribution in [3.63, 3.8) is 0 Å². The molecule has 0 fully saturated rings. The van der Waals surface area contributed by atoms with E-state index in [0.717, 1.165) is 17.0 Å². The fourth-order valence-corrected chi connectivity index (χ4v) is 2.97. The lowest BCUT2D eigenvalue weighted by atomic mass is 10.1. The summed E-state index contributed by atoms with van der Waals surface area (Å²) in [6, 6.07) is 13.4. The third kappa shape index (κ3) is 3.19. The second-order valence-electron chi connectivity index (χ2n) is 4.99. The molecule has 2 heterocycles. The summed E-state index contributed by atoms with van der Waals surface area (Å²) in [5.41, 5.74) is 2.45. The van der Waals surface area contributed by atoms with Crippen LogP contribution in [0.5, 0.6) is 0 Å². The summed E-state index contributed by atoms with van der Waals surface area (Å²) in [6.07, 6.45) is 1.81. The van der Waals surface area contributed by atoms with E-state index in [9.17, 15) is 0 Å². The van der Waals surface area contributed by atoms with Crippen molar-refractivity contribution in [1.29, 1.82) is 5.26 Å². The van der Waals surface area contributed by atoms with Crippen LogP contribution >= 0.6 is 11.8 Å². The molecular weight excluding hydrogens is 320 g/mol. The normalized spacial score (nSPS) is 10.3. The van der Waals surface area contributed by atoms with Gasteiger partial charge in [-0.25, -0.2) is 0 Å². The summed E-state index contributed by atoms with van der Waals surface area (Å²) in [4.78, 5) is 0. The first-order chi connectivity index (χ1) is 11.7. The van der Waals surface area contributed by atoms with Gasteiger partial charge in [0.05, 0.1) is 0 Å². The summed E-state index contributed by atoms with van der Waals surface area (Å²) in [5, 5.41) is 26.6. The summed E-state index contributed by atoms with van der Waals surface area (Å²) >= 11 is 1.35. The number of benzene rings is 1. The minimum atomic E-state index is 0.285. The third-order valence-electron chi connectivity index (χ3n) is 3.36. The van der Waals surface area contributed by atoms with Gasteiger partial charge in [-0.3, -0.25) is 4.57 Å². The summed E-state index contributed by atoms with van der Waals surface area (Å²) in [6.45, 7) is 6.44. The lowest BCUT2D eigenvalue weighted by Gasteiger charge is -2.09. The number of nitrogens with zero attached hydrogens (tertiary/aromatic N) is 6. The molecule has 0 radical (unpaired) electrons. The zero-order chi connectivity index (χ0) is 16.9. The Morgan fingerprint density at radius 1 is 1.17 bits per heavy atom. The number of hydrogen-bond donors (Lipinski definition) is 0. The quantitative estimate of drug-likeness (QED) is 0.666. The van der Waals surface area contributed by atoms with Crippen LogP contribution in [0.25, 0.3) is 11.4 Å². The average Bonchev–Trinajstić information content (AvgIpc) is 2.99. The molecule has 0 unspecified atom stereocenters. The molecule has 2 aromatic heterocycles. The van der Waals surface area contributed by atoms with Crippen LogP contribution in [-0.2, 0) is 6.54 Å². The highest BCUT2D eigenvalue weighted by molar-refractivity contribution is 7.99. The molecule has 0 N–H and O–H groups in total. The standard InChI is InChI=1S/C17H14N6S/c1-3-10-23-16(14-7-5-4-6-12(14)2)21-22-17(23)24-15-9-8-13(11-18)19-20-15/h3-9H,1,10H2,2H3. The van der Waals surface area contributed by atoms with Crippen LogP contribution in [0.15, 0.2) is 59.2 Å². The Bertz CT molecular complexity index is 908. The van der Waals surface area contributed by atoms with Gasteiger partial charge in [-0.05, 0) is 36.4 Å². The van der Waals surface area contributed by atoms with Crippen molar-refractivity contribution in [2.75, 3.05) is 0 Å². The van der Waals surface area contributed by atoms with E-state index in [1.54, 1.807) is 18.2 Å². The molecule has 0 bridgehead atoms. The zero-order valence-corrected chi connectivity index (χ0v) is 13.9. The number of nitriles is 1. The lowest BCUT2D eigenvalue weighted by Crippen LogP contribution is -2.01. The molecule has 0 saturated heterocycles. The molecule has 0 aliphatic rings. The van der Waals surface area contributed by atoms with Crippen LogP contribution in [0.4, 0.5) is 0 Å². The fraction of sp³-hybridized carbons (Fsp3) is 0.118. The van der Waals surface area contributed by atoms with Crippen LogP contribution in [0.1, 0.15) is 11.3 Å². The zero-order valence-electron chi connectivity index (χ0n) is 13.0. The van der Waals surface area contributed by atoms with Crippen LogP contribution < -0.4 is 0 Å². The molecule has 3 rings (SSSR count). The molecule has 0 saturated carbocycles. The Labute approximate surface area is 143 Å². The molecule has 0 amide bonds. The lowest BCUT2D eigenvalue weighted by molar-refractivity contribution is 0.729. The number of aromatic nitrogens is 5. The SMILES string of the molecule is C=CCn1c(Sc2ccc(C#N)nn2)nnc1-c1ccccc1C. The van der Waals surface area contributed by atoms with Crippen molar-refractivity contribution >= 4 is 11.8 Å². The Hall–Kier alpha value is -2.98. The van der Waals surface area contributed by atoms with E-state index in [1.165, 1.54) is 11.8 Å². The topological polar surface area (TPSA) is 80.3 Å². The smallest absolute Gasteiger partial charge is 0.198 e. The van der Waals surface area contributed by atoms with Gasteiger partial charge < -0.3 is 0 Å². The van der Waals surface area contributed by atoms with Crippen molar-refractivity contribution in [2.45, 2.75) is 23.7 Å². The number of hydrogen-bond acceptors (Lipinski definition) is 6. The first-order valence-corrected chi connectivity index (χ1v) is 8.06. The van der Waals surface area contributed by atoms with Crippen molar-refractivity contribution in [3.05, 3.63) is 60.3 Å². The second kappa shape index (κ2) is 7.06. The van der Waals surface area contributed by atoms with E-state index in [0.29, 0.717) is 16.7 Å². The van der Waals surface area contributed by atoms with Crippen LogP contribution in [0, 0.1) is 18.3 Å². The van der Waals surface area contributed by atoms with Crippen molar-refractivity contribution in [2.24, 2.45) is 0 Å². The Balaban J connectivity index is 1.98. The van der Waals surface area contributed by atoms with Gasteiger partial charge >= 0.3 is 0 Å². The van der Waals surface area contributed by atoms with Crippen molar-refractivity contribution < 1.29 is 0 Å². The summed E-state index contributed by atoms with van der Waals surface area (Å²) < 4.78 is 1.99. The number of aryl methyl sites for hydroxylation is 1. The molecule has 0 atom stereocenters. The van der Waals surface area contributed by atoms with Gasteiger partial charge in [-0.2, -0.15) is 5.26 Å². The molecule has 118 valence electrons. The fourth-order valence-electron chi connectivity index (χ4n) is 2.21. The molecule has 0 aliphatic carbocycles. The Kier molecular flexibility index (Phi) is 4.68. The maximum atomic E-state index is 8.79. The molecule has 0 aliphatic heterocycles. The van der Waals surface area contributed by atoms with Gasteiger partial charge in [0.1, 0.15) is 11.1 Å². The van der Waals surface area contributed by atoms with E-state index >= 15 is 0 Å². The monoisotopic (exact) mass is 334 g/mol. The highest BCUT2D eigenvalue weighted by Crippen LogP contribution is 2.29. The molecule has 3 aromatic rings. The minimum absolute atomic E-state index is 0.285. The molecule has 24 heavy (non-hydrogen) atoms. The molecule has 7 heteroatoms. The van der Waals surface area contributed by atoms with Crippen molar-refractivity contribution in [1.82, 2.24) is 25.0 Å². The van der Waals surface area contributed by atoms with E-state index < -0.39 is 0 Å². The average molecular weight is 334 g/mol. The number of rotatable bonds is 5. The van der Waals surface area contributed by atoms with E-state index in [-0.39, 0.29) is 5.69 Å². The van der Waals surface area contributed by atoms with Crippen LogP contribution in [-0.4, -0.2) is 25.0 Å². The number of allylic oxidation sites excluding steroid dienone is 1. The third-order valence-corrected chi connectivity index (χ3v) is 4.28. The van der Waals surface area contributed by atoms with E-state index in [1.807, 2.05) is 41.8 Å². The molecule has 6 nitrogen and oxygen atoms in total. The largest absolute Gasteiger partial charge is 0.298 e. The van der Waals surface area contributed by atoms with Crippen molar-refractivity contribution in [3.8, 4) is 17.5 Å². The van der Waals surface area contributed by atoms with Gasteiger partial charge in [0.15, 0.2) is 16.7 Å². The minimum Gasteiger partial charge on any atom is -0.298 e. The van der Waals surface area contributed by atoms with E-state index in [2.05, 4.69) is 27.0 Å². The van der Waals surface area contributed by atoms with E-state index in [4.69, 9.17) is 5.26 Å². The second-order valence-corrected chi connectivity index (χ2v) is 5.98. The molecular formula is C17H14N6S. The maximum Gasteiger partial charge on any atom is 0.198 e. The van der Waals surface area contributed by atoms with Gasteiger partial charge in [0.2, 0.25) is 0 Å². The van der Waals surface area contributed by atoms with Gasteiger partial charge in [-0.1, -0.05) is 30.3 Å². The van der Waals surface area contributed by atoms with Crippen LogP contribution in [0.3, 0.4) is 0 Å². The highest BCUT2D eigenvalue weighted by atomic mass is 32.2. The van der Waals surface area contributed by atoms with Crippen LogP contribution in [0.2, 0.25) is 0 Å². The first-order valence-electron chi connectivity index (χ1n) is 7.24. The maximum absolute atomic E-state index is 8.79.